The third-order valence-electron chi connectivity index (χ3n) is 3.33. The molecule has 0 fully saturated rings. The van der Waals surface area contributed by atoms with E-state index < -0.39 is 0 Å². The van der Waals surface area contributed by atoms with Gasteiger partial charge in [-0.3, -0.25) is 9.78 Å². The number of methoxy groups -OCH3 is 1. The maximum absolute atomic E-state index is 11.1. The zero-order chi connectivity index (χ0) is 15.4. The first-order valence-corrected chi connectivity index (χ1v) is 6.76. The monoisotopic (exact) mass is 294 g/mol. The van der Waals surface area contributed by atoms with Crippen molar-refractivity contribution in [1.82, 2.24) is 9.97 Å². The molecule has 2 heterocycles. The fraction of sp³-hybridized carbons (Fsp3) is 0.118. The Hall–Kier alpha value is -2.95. The van der Waals surface area contributed by atoms with Crippen molar-refractivity contribution in [3.63, 3.8) is 0 Å². The second-order valence-corrected chi connectivity index (χ2v) is 4.65. The molecule has 0 aliphatic rings. The van der Waals surface area contributed by atoms with E-state index in [0.29, 0.717) is 17.2 Å². The van der Waals surface area contributed by atoms with Gasteiger partial charge >= 0.3 is 0 Å². The Balaban J connectivity index is 1.87. The molecule has 22 heavy (non-hydrogen) atoms. The first kappa shape index (κ1) is 14.0. The molecule has 110 valence electrons. The molecule has 0 aliphatic carbocycles. The van der Waals surface area contributed by atoms with Crippen LogP contribution in [0.5, 0.6) is 11.6 Å². The lowest BCUT2D eigenvalue weighted by Crippen LogP contribution is -2.02. The van der Waals surface area contributed by atoms with Crippen LogP contribution >= 0.6 is 0 Å². The largest absolute Gasteiger partial charge is 0.485 e. The number of pyridine rings is 2. The van der Waals surface area contributed by atoms with Crippen LogP contribution in [0.15, 0.2) is 48.8 Å². The van der Waals surface area contributed by atoms with Gasteiger partial charge in [0.05, 0.1) is 24.6 Å². The van der Waals surface area contributed by atoms with Gasteiger partial charge in [0.15, 0.2) is 6.29 Å². The molecule has 0 aliphatic heterocycles. The fourth-order valence-corrected chi connectivity index (χ4v) is 2.21. The van der Waals surface area contributed by atoms with E-state index in [2.05, 4.69) is 9.97 Å². The lowest BCUT2D eigenvalue weighted by Gasteiger charge is -2.10. The van der Waals surface area contributed by atoms with Crippen molar-refractivity contribution in [3.05, 3.63) is 60.0 Å². The second-order valence-electron chi connectivity index (χ2n) is 4.65. The number of aldehydes is 1. The predicted molar refractivity (Wildman–Crippen MR) is 82.3 cm³/mol. The van der Waals surface area contributed by atoms with Crippen LogP contribution in [0.4, 0.5) is 0 Å². The van der Waals surface area contributed by atoms with E-state index in [1.165, 1.54) is 13.3 Å². The van der Waals surface area contributed by atoms with E-state index in [0.717, 1.165) is 22.8 Å². The molecule has 0 amide bonds. The average Bonchev–Trinajstić information content (AvgIpc) is 2.59. The van der Waals surface area contributed by atoms with Gasteiger partial charge in [-0.25, -0.2) is 4.98 Å². The van der Waals surface area contributed by atoms with Gasteiger partial charge in [0.25, 0.3) is 0 Å². The van der Waals surface area contributed by atoms with E-state index in [1.54, 1.807) is 12.3 Å². The third-order valence-corrected chi connectivity index (χ3v) is 3.33. The minimum absolute atomic E-state index is 0.260. The van der Waals surface area contributed by atoms with Gasteiger partial charge in [-0.1, -0.05) is 24.3 Å². The smallest absolute Gasteiger partial charge is 0.213 e. The van der Waals surface area contributed by atoms with Crippen molar-refractivity contribution >= 4 is 17.1 Å². The van der Waals surface area contributed by atoms with Gasteiger partial charge in [0.2, 0.25) is 5.88 Å². The van der Waals surface area contributed by atoms with Crippen LogP contribution in [0.1, 0.15) is 16.1 Å². The molecule has 5 heteroatoms. The van der Waals surface area contributed by atoms with E-state index >= 15 is 0 Å². The summed E-state index contributed by atoms with van der Waals surface area (Å²) >= 11 is 0. The van der Waals surface area contributed by atoms with Gasteiger partial charge in [0.1, 0.15) is 12.4 Å². The second kappa shape index (κ2) is 6.22. The molecule has 0 bridgehead atoms. The highest BCUT2D eigenvalue weighted by atomic mass is 16.5. The minimum Gasteiger partial charge on any atom is -0.485 e. The van der Waals surface area contributed by atoms with Crippen LogP contribution < -0.4 is 9.47 Å². The highest BCUT2D eigenvalue weighted by Gasteiger charge is 2.08. The molecule has 0 radical (unpaired) electrons. The van der Waals surface area contributed by atoms with Crippen molar-refractivity contribution in [3.8, 4) is 11.6 Å². The topological polar surface area (TPSA) is 61.3 Å². The molecule has 5 nitrogen and oxygen atoms in total. The maximum Gasteiger partial charge on any atom is 0.213 e. The number of benzene rings is 1. The predicted octanol–water partition coefficient (Wildman–Crippen LogP) is 3.03. The number of hydrogen-bond acceptors (Lipinski definition) is 5. The summed E-state index contributed by atoms with van der Waals surface area (Å²) in [5.41, 5.74) is 1.21. The first-order valence-electron chi connectivity index (χ1n) is 6.76. The summed E-state index contributed by atoms with van der Waals surface area (Å²) in [6.45, 7) is 0.260. The van der Waals surface area contributed by atoms with E-state index in [9.17, 15) is 4.79 Å². The Morgan fingerprint density at radius 2 is 2.05 bits per heavy atom. The number of carbonyl (C=O) groups excluding carboxylic acids is 1. The molecule has 0 atom stereocenters. The van der Waals surface area contributed by atoms with E-state index in [1.807, 2.05) is 30.3 Å². The Bertz CT molecular complexity index is 813. The lowest BCUT2D eigenvalue weighted by molar-refractivity contribution is 0.111. The summed E-state index contributed by atoms with van der Waals surface area (Å²) < 4.78 is 10.7. The summed E-state index contributed by atoms with van der Waals surface area (Å²) in [5.74, 6) is 0.781. The quantitative estimate of drug-likeness (QED) is 0.677. The van der Waals surface area contributed by atoms with Crippen LogP contribution in [-0.4, -0.2) is 23.4 Å². The van der Waals surface area contributed by atoms with Crippen LogP contribution in [0.2, 0.25) is 0 Å². The summed E-state index contributed by atoms with van der Waals surface area (Å²) in [6.07, 6.45) is 3.94. The lowest BCUT2D eigenvalue weighted by atomic mass is 10.1. The maximum atomic E-state index is 11.1. The average molecular weight is 294 g/mol. The SMILES string of the molecule is COc1cc(C=O)c(OCc2nccc3ccccc23)cn1. The molecule has 3 rings (SSSR count). The number of carbonyl (C=O) groups is 1. The number of hydrogen-bond donors (Lipinski definition) is 0. The minimum atomic E-state index is 0.260. The van der Waals surface area contributed by atoms with Crippen LogP contribution in [0.3, 0.4) is 0 Å². The molecule has 0 unspecified atom stereocenters. The van der Waals surface area contributed by atoms with Crippen molar-refractivity contribution < 1.29 is 14.3 Å². The number of aromatic nitrogens is 2. The van der Waals surface area contributed by atoms with Crippen LogP contribution in [0, 0.1) is 0 Å². The fourth-order valence-electron chi connectivity index (χ4n) is 2.21. The van der Waals surface area contributed by atoms with Gasteiger partial charge in [-0.15, -0.1) is 0 Å². The summed E-state index contributed by atoms with van der Waals surface area (Å²) in [6, 6.07) is 11.4. The van der Waals surface area contributed by atoms with E-state index in [4.69, 9.17) is 9.47 Å². The molecule has 3 aromatic rings. The molecule has 1 aromatic carbocycles. The Morgan fingerprint density at radius 1 is 1.18 bits per heavy atom. The first-order chi connectivity index (χ1) is 10.8. The van der Waals surface area contributed by atoms with Gasteiger partial charge in [-0.05, 0) is 11.5 Å². The Kier molecular flexibility index (Phi) is 3.96. The van der Waals surface area contributed by atoms with Gasteiger partial charge < -0.3 is 9.47 Å². The number of nitrogens with zero attached hydrogens (tertiary/aromatic N) is 2. The normalized spacial score (nSPS) is 10.4. The van der Waals surface area contributed by atoms with Crippen LogP contribution in [0.25, 0.3) is 10.8 Å². The molecule has 0 saturated heterocycles. The van der Waals surface area contributed by atoms with Crippen molar-refractivity contribution in [2.24, 2.45) is 0 Å². The Morgan fingerprint density at radius 3 is 2.86 bits per heavy atom. The standard InChI is InChI=1S/C17H14N2O3/c1-21-17-8-13(10-20)16(9-19-17)22-11-15-14-5-3-2-4-12(14)6-7-18-15/h2-10H,11H2,1H3. The van der Waals surface area contributed by atoms with Gasteiger partial charge in [-0.2, -0.15) is 0 Å². The van der Waals surface area contributed by atoms with Gasteiger partial charge in [0, 0.05) is 17.6 Å². The highest BCUT2D eigenvalue weighted by Crippen LogP contribution is 2.22. The number of rotatable bonds is 5. The highest BCUT2D eigenvalue weighted by molar-refractivity contribution is 5.84. The third kappa shape index (κ3) is 2.74. The summed E-state index contributed by atoms with van der Waals surface area (Å²) in [4.78, 5) is 19.5. The molecule has 0 N–H and O–H groups in total. The van der Waals surface area contributed by atoms with E-state index in [-0.39, 0.29) is 6.61 Å². The molecule has 0 spiro atoms. The van der Waals surface area contributed by atoms with Crippen molar-refractivity contribution in [2.75, 3.05) is 7.11 Å². The molecular formula is C17H14N2O3. The zero-order valence-electron chi connectivity index (χ0n) is 12.0. The molecule has 0 saturated carbocycles. The van der Waals surface area contributed by atoms with Crippen molar-refractivity contribution in [2.45, 2.75) is 6.61 Å². The summed E-state index contributed by atoms with van der Waals surface area (Å²) in [7, 11) is 1.50. The number of ether oxygens (including phenoxy) is 2. The van der Waals surface area contributed by atoms with Crippen LogP contribution in [-0.2, 0) is 6.61 Å². The Labute approximate surface area is 127 Å². The van der Waals surface area contributed by atoms with Crippen molar-refractivity contribution in [1.29, 1.82) is 0 Å². The number of fused-ring (bicyclic) bond motifs is 1. The zero-order valence-corrected chi connectivity index (χ0v) is 12.0. The molecular weight excluding hydrogens is 280 g/mol. The summed E-state index contributed by atoms with van der Waals surface area (Å²) in [5, 5.41) is 2.12. The molecule has 2 aromatic heterocycles.